The topological polar surface area (TPSA) is 21.3 Å². The lowest BCUT2D eigenvalue weighted by molar-refractivity contribution is 0.0656. The molecule has 2 nitrogen and oxygen atoms in total. The fourth-order valence-corrected chi connectivity index (χ4v) is 3.47. The van der Waals surface area contributed by atoms with Gasteiger partial charge in [0.15, 0.2) is 0 Å². The van der Waals surface area contributed by atoms with Crippen LogP contribution in [0.4, 0.5) is 0 Å². The number of hydrogen-bond donors (Lipinski definition) is 1. The minimum Gasteiger partial charge on any atom is -0.380 e. The molecule has 0 aromatic carbocycles. The highest BCUT2D eigenvalue weighted by Crippen LogP contribution is 2.22. The zero-order valence-corrected chi connectivity index (χ0v) is 13.2. The minimum absolute atomic E-state index is 0.294. The van der Waals surface area contributed by atoms with Crippen LogP contribution in [0.3, 0.4) is 0 Å². The molecule has 0 aliphatic rings. The Morgan fingerprint density at radius 1 is 1.47 bits per heavy atom. The summed E-state index contributed by atoms with van der Waals surface area (Å²) in [6.07, 6.45) is 3.54. The van der Waals surface area contributed by atoms with Crippen molar-refractivity contribution in [3.8, 4) is 0 Å². The first-order chi connectivity index (χ1) is 8.21. The van der Waals surface area contributed by atoms with Crippen LogP contribution in [0.15, 0.2) is 15.9 Å². The van der Waals surface area contributed by atoms with Crippen LogP contribution in [0.1, 0.15) is 31.6 Å². The molecule has 0 bridgehead atoms. The van der Waals surface area contributed by atoms with Gasteiger partial charge in [0, 0.05) is 27.9 Å². The van der Waals surface area contributed by atoms with Gasteiger partial charge in [-0.3, -0.25) is 0 Å². The van der Waals surface area contributed by atoms with Crippen molar-refractivity contribution < 1.29 is 4.74 Å². The van der Waals surface area contributed by atoms with Gasteiger partial charge in [0.05, 0.1) is 6.10 Å². The molecule has 0 aliphatic carbocycles. The molecular formula is C13H22BrNOS. The zero-order chi connectivity index (χ0) is 12.7. The molecule has 1 aromatic heterocycles. The van der Waals surface area contributed by atoms with Gasteiger partial charge in [-0.05, 0) is 47.8 Å². The minimum atomic E-state index is 0.294. The van der Waals surface area contributed by atoms with Crippen molar-refractivity contribution >= 4 is 27.3 Å². The second-order valence-corrected chi connectivity index (χ2v) is 6.09. The van der Waals surface area contributed by atoms with Gasteiger partial charge in [-0.25, -0.2) is 0 Å². The molecule has 4 heteroatoms. The van der Waals surface area contributed by atoms with Crippen LogP contribution in [0.2, 0.25) is 0 Å². The first-order valence-electron chi connectivity index (χ1n) is 6.20. The molecule has 0 saturated heterocycles. The standard InChI is InChI=1S/C13H22BrNOS/c1-4-6-15-12(13(5-2)16-3)8-11-7-10(14)9-17-11/h7,9,12-13,15H,4-6,8H2,1-3H3. The van der Waals surface area contributed by atoms with E-state index < -0.39 is 0 Å². The summed E-state index contributed by atoms with van der Waals surface area (Å²) in [7, 11) is 1.80. The number of halogens is 1. The van der Waals surface area contributed by atoms with E-state index in [1.807, 2.05) is 11.3 Å². The Morgan fingerprint density at radius 2 is 2.24 bits per heavy atom. The van der Waals surface area contributed by atoms with Gasteiger partial charge >= 0.3 is 0 Å². The fourth-order valence-electron chi connectivity index (χ4n) is 1.96. The highest BCUT2D eigenvalue weighted by molar-refractivity contribution is 9.10. The van der Waals surface area contributed by atoms with E-state index in [1.54, 1.807) is 7.11 Å². The normalized spacial score (nSPS) is 14.8. The number of hydrogen-bond acceptors (Lipinski definition) is 3. The Labute approximate surface area is 117 Å². The van der Waals surface area contributed by atoms with Crippen LogP contribution in [-0.2, 0) is 11.2 Å². The smallest absolute Gasteiger partial charge is 0.0725 e. The molecule has 1 rings (SSSR count). The Kier molecular flexibility index (Phi) is 7.35. The molecule has 1 N–H and O–H groups in total. The molecule has 1 aromatic rings. The highest BCUT2D eigenvalue weighted by atomic mass is 79.9. The van der Waals surface area contributed by atoms with Gasteiger partial charge in [0.25, 0.3) is 0 Å². The second-order valence-electron chi connectivity index (χ2n) is 4.18. The summed E-state index contributed by atoms with van der Waals surface area (Å²) < 4.78 is 6.75. The van der Waals surface area contributed by atoms with E-state index in [4.69, 9.17) is 4.74 Å². The second kappa shape index (κ2) is 8.25. The summed E-state index contributed by atoms with van der Waals surface area (Å²) in [5, 5.41) is 5.73. The Bertz CT molecular complexity index is 312. The zero-order valence-electron chi connectivity index (χ0n) is 10.8. The van der Waals surface area contributed by atoms with Gasteiger partial charge in [0.1, 0.15) is 0 Å². The SMILES string of the molecule is CCCNC(Cc1cc(Br)cs1)C(CC)OC. The summed E-state index contributed by atoms with van der Waals surface area (Å²) in [5.41, 5.74) is 0. The van der Waals surface area contributed by atoms with Gasteiger partial charge in [-0.1, -0.05) is 13.8 Å². The van der Waals surface area contributed by atoms with Gasteiger partial charge in [-0.2, -0.15) is 0 Å². The predicted molar refractivity (Wildman–Crippen MR) is 78.9 cm³/mol. The van der Waals surface area contributed by atoms with Crippen molar-refractivity contribution in [3.05, 3.63) is 20.8 Å². The van der Waals surface area contributed by atoms with E-state index in [-0.39, 0.29) is 0 Å². The number of ether oxygens (including phenoxy) is 1. The predicted octanol–water partition coefficient (Wildman–Crippen LogP) is 3.85. The molecule has 2 unspecified atom stereocenters. The number of methoxy groups -OCH3 is 1. The molecule has 1 heterocycles. The molecule has 0 fully saturated rings. The highest BCUT2D eigenvalue weighted by Gasteiger charge is 2.19. The lowest BCUT2D eigenvalue weighted by Gasteiger charge is -2.25. The molecule has 0 saturated carbocycles. The van der Waals surface area contributed by atoms with Crippen LogP contribution < -0.4 is 5.32 Å². The van der Waals surface area contributed by atoms with Crippen molar-refractivity contribution in [2.24, 2.45) is 0 Å². The maximum absolute atomic E-state index is 5.57. The summed E-state index contributed by atoms with van der Waals surface area (Å²) in [5.74, 6) is 0. The maximum Gasteiger partial charge on any atom is 0.0725 e. The Hall–Kier alpha value is 0.1000. The first kappa shape index (κ1) is 15.2. The monoisotopic (exact) mass is 319 g/mol. The van der Waals surface area contributed by atoms with Crippen molar-refractivity contribution in [1.82, 2.24) is 5.32 Å². The van der Waals surface area contributed by atoms with Crippen LogP contribution >= 0.6 is 27.3 Å². The molecule has 0 spiro atoms. The van der Waals surface area contributed by atoms with Crippen LogP contribution in [-0.4, -0.2) is 25.8 Å². The summed E-state index contributed by atoms with van der Waals surface area (Å²) >= 11 is 5.31. The molecule has 0 radical (unpaired) electrons. The van der Waals surface area contributed by atoms with Crippen molar-refractivity contribution in [2.75, 3.05) is 13.7 Å². The van der Waals surface area contributed by atoms with Crippen molar-refractivity contribution in [1.29, 1.82) is 0 Å². The van der Waals surface area contributed by atoms with Crippen LogP contribution in [0.25, 0.3) is 0 Å². The number of nitrogens with one attached hydrogen (secondary N) is 1. The Balaban J connectivity index is 2.61. The fraction of sp³-hybridized carbons (Fsp3) is 0.692. The van der Waals surface area contributed by atoms with E-state index in [0.29, 0.717) is 12.1 Å². The third-order valence-electron chi connectivity index (χ3n) is 2.85. The first-order valence-corrected chi connectivity index (χ1v) is 7.87. The van der Waals surface area contributed by atoms with Crippen LogP contribution in [0.5, 0.6) is 0 Å². The quantitative estimate of drug-likeness (QED) is 0.786. The van der Waals surface area contributed by atoms with E-state index in [9.17, 15) is 0 Å². The van der Waals surface area contributed by atoms with Crippen molar-refractivity contribution in [2.45, 2.75) is 45.3 Å². The third-order valence-corrected chi connectivity index (χ3v) is 4.57. The summed E-state index contributed by atoms with van der Waals surface area (Å²) in [4.78, 5) is 1.40. The maximum atomic E-state index is 5.57. The summed E-state index contributed by atoms with van der Waals surface area (Å²) in [6.45, 7) is 5.43. The average Bonchev–Trinajstić information content (AvgIpc) is 2.73. The van der Waals surface area contributed by atoms with Crippen molar-refractivity contribution in [3.63, 3.8) is 0 Å². The third kappa shape index (κ3) is 5.08. The lowest BCUT2D eigenvalue weighted by Crippen LogP contribution is -2.42. The van der Waals surface area contributed by atoms with E-state index in [1.165, 1.54) is 9.35 Å². The van der Waals surface area contributed by atoms with Gasteiger partial charge in [0.2, 0.25) is 0 Å². The number of thiophene rings is 1. The average molecular weight is 320 g/mol. The Morgan fingerprint density at radius 3 is 2.71 bits per heavy atom. The molecule has 17 heavy (non-hydrogen) atoms. The van der Waals surface area contributed by atoms with E-state index >= 15 is 0 Å². The summed E-state index contributed by atoms with van der Waals surface area (Å²) in [6, 6.07) is 2.61. The molecule has 98 valence electrons. The van der Waals surface area contributed by atoms with Gasteiger partial charge < -0.3 is 10.1 Å². The number of rotatable bonds is 8. The lowest BCUT2D eigenvalue weighted by atomic mass is 10.0. The molecule has 2 atom stereocenters. The van der Waals surface area contributed by atoms with E-state index in [0.717, 1.165) is 25.8 Å². The molecule has 0 aliphatic heterocycles. The largest absolute Gasteiger partial charge is 0.380 e. The van der Waals surface area contributed by atoms with E-state index in [2.05, 4.69) is 46.5 Å². The van der Waals surface area contributed by atoms with Crippen LogP contribution in [0, 0.1) is 0 Å². The molecule has 0 amide bonds. The molecular weight excluding hydrogens is 298 g/mol. The van der Waals surface area contributed by atoms with Gasteiger partial charge in [-0.15, -0.1) is 11.3 Å².